The second kappa shape index (κ2) is 25.8. The standard InChI is InChI=1S/C52H81NO13/c1-31-16-12-11-13-17-32(2)44(62-8)28-39-21-19-37(7)52(61,66-39)49(58)50(59)53-23-15-14-18-40(53)51(60)65-45(35(5)26-38-20-22-41(54)46(27-38)63-9)29-42(55)34(4)25-36(6)48(57)47(64-10)30-43(56)33(3)24-31/h11-13,16-17,25,31,33-35,37-41,44-48,54,57,61H,14-15,18-24,26-30H2,1-10H3/b13-11+,16-12+,32-17+,36-25+/t31-,33-,34-,35-,37-,38+,39+,40+,41-,44+,45+,46-,47+,48-,52-/m1/s1. The molecule has 3 fully saturated rings. The van der Waals surface area contributed by atoms with Crippen molar-refractivity contribution in [3.63, 3.8) is 0 Å². The molecule has 1 amide bonds. The minimum Gasteiger partial charge on any atom is -0.460 e. The molecule has 4 rings (SSSR count). The summed E-state index contributed by atoms with van der Waals surface area (Å²) in [6.07, 6.45) is 11.9. The molecule has 2 bridgehead atoms. The molecule has 4 aliphatic rings. The predicted octanol–water partition coefficient (Wildman–Crippen LogP) is 6.57. The first-order chi connectivity index (χ1) is 31.2. The van der Waals surface area contributed by atoms with Crippen LogP contribution in [0.5, 0.6) is 0 Å². The number of ether oxygens (including phenoxy) is 5. The summed E-state index contributed by atoms with van der Waals surface area (Å²) in [6.45, 7) is 12.9. The molecule has 1 saturated carbocycles. The maximum Gasteiger partial charge on any atom is 0.329 e. The molecule has 66 heavy (non-hydrogen) atoms. The Bertz CT molecular complexity index is 1770. The summed E-state index contributed by atoms with van der Waals surface area (Å²) in [5, 5.41) is 33.8. The van der Waals surface area contributed by atoms with E-state index in [2.05, 4.69) is 0 Å². The van der Waals surface area contributed by atoms with E-state index in [4.69, 9.17) is 23.7 Å². The van der Waals surface area contributed by atoms with Crippen molar-refractivity contribution in [1.82, 2.24) is 4.90 Å². The second-order valence-corrected chi connectivity index (χ2v) is 20.0. The highest BCUT2D eigenvalue weighted by atomic mass is 16.6. The van der Waals surface area contributed by atoms with E-state index in [0.717, 1.165) is 12.0 Å². The molecular formula is C52H81NO13. The summed E-state index contributed by atoms with van der Waals surface area (Å²) in [6, 6.07) is -1.13. The SMILES string of the molecule is CO[C@H]1C[C@@H]2CC[C@@H](C)[C@@](O)(O2)C(=O)C(=O)N2CCCC[C@H]2C(=O)O[C@H]([C@H](C)C[C@@H]2CC[C@@H](O)[C@H](OC)C2)CC(=O)[C@H](C)/C=C(\C)[C@@H](O)[C@@H](OC)CC(=O)[C@H](C)C[C@H](C)/C=C/C=C/C=C/1C. The summed E-state index contributed by atoms with van der Waals surface area (Å²) in [4.78, 5) is 71.6. The van der Waals surface area contributed by atoms with Crippen LogP contribution in [0.4, 0.5) is 0 Å². The molecule has 0 aromatic carbocycles. The van der Waals surface area contributed by atoms with Crippen LogP contribution in [0, 0.1) is 35.5 Å². The average Bonchev–Trinajstić information content (AvgIpc) is 3.29. The summed E-state index contributed by atoms with van der Waals surface area (Å²) in [7, 11) is 4.60. The normalized spacial score (nSPS) is 40.2. The third-order valence-corrected chi connectivity index (χ3v) is 14.8. The van der Waals surface area contributed by atoms with Gasteiger partial charge in [-0.15, -0.1) is 0 Å². The van der Waals surface area contributed by atoms with E-state index in [9.17, 15) is 39.3 Å². The number of aliphatic hydroxyl groups is 3. The minimum absolute atomic E-state index is 0.0123. The number of fused-ring (bicyclic) bond motifs is 3. The molecule has 372 valence electrons. The van der Waals surface area contributed by atoms with Crippen molar-refractivity contribution >= 4 is 29.2 Å². The number of cyclic esters (lactones) is 1. The number of piperidine rings is 1. The van der Waals surface area contributed by atoms with Crippen molar-refractivity contribution in [3.05, 3.63) is 47.6 Å². The Balaban J connectivity index is 1.69. The number of nitrogens with zero attached hydrogens (tertiary/aromatic N) is 1. The summed E-state index contributed by atoms with van der Waals surface area (Å²) < 4.78 is 29.5. The molecular weight excluding hydrogens is 847 g/mol. The van der Waals surface area contributed by atoms with Gasteiger partial charge in [0.25, 0.3) is 11.7 Å². The lowest BCUT2D eigenvalue weighted by atomic mass is 9.78. The largest absolute Gasteiger partial charge is 0.460 e. The van der Waals surface area contributed by atoms with Gasteiger partial charge in [-0.05, 0) is 107 Å². The number of methoxy groups -OCH3 is 3. The van der Waals surface area contributed by atoms with Gasteiger partial charge in [-0.25, -0.2) is 4.79 Å². The van der Waals surface area contributed by atoms with Gasteiger partial charge < -0.3 is 43.9 Å². The van der Waals surface area contributed by atoms with Gasteiger partial charge in [0.1, 0.15) is 29.8 Å². The molecule has 2 saturated heterocycles. The minimum atomic E-state index is -2.43. The van der Waals surface area contributed by atoms with Crippen molar-refractivity contribution in [2.75, 3.05) is 27.9 Å². The fourth-order valence-corrected chi connectivity index (χ4v) is 10.2. The van der Waals surface area contributed by atoms with Crippen LogP contribution in [0.1, 0.15) is 132 Å². The molecule has 3 heterocycles. The van der Waals surface area contributed by atoms with Gasteiger partial charge in [0, 0.05) is 64.9 Å². The molecule has 14 heteroatoms. The molecule has 0 unspecified atom stereocenters. The van der Waals surface area contributed by atoms with Crippen molar-refractivity contribution < 1.29 is 63.0 Å². The van der Waals surface area contributed by atoms with Gasteiger partial charge in [0.2, 0.25) is 5.79 Å². The lowest BCUT2D eigenvalue weighted by molar-refractivity contribution is -0.265. The number of esters is 1. The number of carbonyl (C=O) groups excluding carboxylic acids is 5. The van der Waals surface area contributed by atoms with Crippen LogP contribution in [-0.2, 0) is 47.7 Å². The van der Waals surface area contributed by atoms with E-state index in [-0.39, 0.29) is 67.1 Å². The Hall–Kier alpha value is -3.37. The second-order valence-electron chi connectivity index (χ2n) is 20.0. The van der Waals surface area contributed by atoms with Crippen LogP contribution < -0.4 is 0 Å². The number of amides is 1. The van der Waals surface area contributed by atoms with Gasteiger partial charge in [-0.1, -0.05) is 71.1 Å². The third kappa shape index (κ3) is 14.8. The van der Waals surface area contributed by atoms with Crippen molar-refractivity contribution in [2.24, 2.45) is 35.5 Å². The number of carbonyl (C=O) groups is 5. The van der Waals surface area contributed by atoms with E-state index < -0.39 is 77.9 Å². The summed E-state index contributed by atoms with van der Waals surface area (Å²) in [5.41, 5.74) is 1.35. The van der Waals surface area contributed by atoms with Crippen molar-refractivity contribution in [1.29, 1.82) is 0 Å². The van der Waals surface area contributed by atoms with Crippen molar-refractivity contribution in [3.8, 4) is 0 Å². The Morgan fingerprint density at radius 2 is 1.52 bits per heavy atom. The number of rotatable bonds is 6. The van der Waals surface area contributed by atoms with E-state index in [1.54, 1.807) is 41.1 Å². The molecule has 0 radical (unpaired) electrons. The fraction of sp³-hybridized carbons (Fsp3) is 0.750. The summed E-state index contributed by atoms with van der Waals surface area (Å²) >= 11 is 0. The van der Waals surface area contributed by atoms with Gasteiger partial charge in [0.05, 0.1) is 30.5 Å². The Morgan fingerprint density at radius 1 is 0.803 bits per heavy atom. The van der Waals surface area contributed by atoms with E-state index in [1.807, 2.05) is 58.1 Å². The van der Waals surface area contributed by atoms with E-state index >= 15 is 0 Å². The quantitative estimate of drug-likeness (QED) is 0.147. The maximum atomic E-state index is 14.4. The zero-order chi connectivity index (χ0) is 48.9. The number of hydrogen-bond donors (Lipinski definition) is 3. The topological polar surface area (TPSA) is 195 Å². The highest BCUT2D eigenvalue weighted by molar-refractivity contribution is 6.39. The molecule has 0 aromatic heterocycles. The number of hydrogen-bond acceptors (Lipinski definition) is 13. The predicted molar refractivity (Wildman–Crippen MR) is 250 cm³/mol. The van der Waals surface area contributed by atoms with Gasteiger partial charge in [-0.2, -0.15) is 0 Å². The first-order valence-corrected chi connectivity index (χ1v) is 24.4. The van der Waals surface area contributed by atoms with Gasteiger partial charge in [-0.3, -0.25) is 19.2 Å². The first-order valence-electron chi connectivity index (χ1n) is 24.4. The van der Waals surface area contributed by atoms with Crippen LogP contribution in [0.25, 0.3) is 0 Å². The van der Waals surface area contributed by atoms with Crippen LogP contribution in [-0.4, -0.2) is 132 Å². The Kier molecular flexibility index (Phi) is 21.6. The molecule has 15 atom stereocenters. The van der Waals surface area contributed by atoms with Crippen LogP contribution >= 0.6 is 0 Å². The lowest BCUT2D eigenvalue weighted by Gasteiger charge is -2.42. The monoisotopic (exact) mass is 928 g/mol. The average molecular weight is 928 g/mol. The number of Topliss-reactive ketones (excluding diaryl/α,β-unsaturated/α-hetero) is 3. The molecule has 3 aliphatic heterocycles. The number of ketones is 3. The lowest BCUT2D eigenvalue weighted by Crippen LogP contribution is -2.61. The van der Waals surface area contributed by atoms with Crippen molar-refractivity contribution in [2.45, 2.75) is 186 Å². The number of aliphatic hydroxyl groups excluding tert-OH is 2. The number of allylic oxidation sites excluding steroid dienone is 6. The summed E-state index contributed by atoms with van der Waals surface area (Å²) in [5.74, 6) is -7.47. The Morgan fingerprint density at radius 3 is 2.20 bits per heavy atom. The maximum absolute atomic E-state index is 14.4. The third-order valence-electron chi connectivity index (χ3n) is 14.8. The zero-order valence-corrected chi connectivity index (χ0v) is 41.3. The van der Waals surface area contributed by atoms with E-state index in [1.165, 1.54) is 12.0 Å². The molecule has 0 aromatic rings. The molecule has 3 N–H and O–H groups in total. The highest BCUT2D eigenvalue weighted by Gasteiger charge is 2.53. The van der Waals surface area contributed by atoms with Crippen LogP contribution in [0.3, 0.4) is 0 Å². The fourth-order valence-electron chi connectivity index (χ4n) is 10.2. The van der Waals surface area contributed by atoms with Gasteiger partial charge >= 0.3 is 5.97 Å². The Labute approximate surface area is 393 Å². The molecule has 1 aliphatic carbocycles. The zero-order valence-electron chi connectivity index (χ0n) is 41.3. The van der Waals surface area contributed by atoms with Gasteiger partial charge in [0.15, 0.2) is 0 Å². The first kappa shape index (κ1) is 55.2. The van der Waals surface area contributed by atoms with Crippen LogP contribution in [0.15, 0.2) is 47.6 Å². The van der Waals surface area contributed by atoms with E-state index in [0.29, 0.717) is 63.4 Å². The van der Waals surface area contributed by atoms with Crippen LogP contribution in [0.2, 0.25) is 0 Å². The molecule has 14 nitrogen and oxygen atoms in total. The smallest absolute Gasteiger partial charge is 0.329 e. The highest BCUT2D eigenvalue weighted by Crippen LogP contribution is 2.38. The molecule has 0 spiro atoms.